The first-order valence-corrected chi connectivity index (χ1v) is 7.43. The number of fused-ring (bicyclic) bond motifs is 1. The predicted octanol–water partition coefficient (Wildman–Crippen LogP) is 2.67. The molecule has 0 amide bonds. The van der Waals surface area contributed by atoms with Crippen molar-refractivity contribution in [2.75, 3.05) is 6.61 Å². The molecule has 0 atom stereocenters. The molecule has 2 heterocycles. The lowest BCUT2D eigenvalue weighted by molar-refractivity contribution is 0.0524. The van der Waals surface area contributed by atoms with E-state index in [4.69, 9.17) is 4.74 Å². The van der Waals surface area contributed by atoms with E-state index in [1.54, 1.807) is 17.7 Å². The van der Waals surface area contributed by atoms with Gasteiger partial charge in [0.2, 0.25) is 5.43 Å². The number of hydrogen-bond donors (Lipinski definition) is 0. The summed E-state index contributed by atoms with van der Waals surface area (Å²) in [7, 11) is 1.82. The van der Waals surface area contributed by atoms with Gasteiger partial charge in [-0.25, -0.2) is 4.79 Å². The number of ether oxygens (including phenoxy) is 1. The Kier molecular flexibility index (Phi) is 3.87. The molecule has 0 aliphatic heterocycles. The van der Waals surface area contributed by atoms with Gasteiger partial charge in [-0.1, -0.05) is 15.9 Å². The van der Waals surface area contributed by atoms with Crippen LogP contribution in [-0.2, 0) is 17.1 Å². The highest BCUT2D eigenvalue weighted by Crippen LogP contribution is 2.25. The average molecular weight is 330 g/mol. The monoisotopic (exact) mass is 329 g/mol. The molecule has 0 saturated carbocycles. The van der Waals surface area contributed by atoms with Gasteiger partial charge in [-0.15, -0.1) is 11.3 Å². The van der Waals surface area contributed by atoms with E-state index in [0.717, 1.165) is 11.1 Å². The van der Waals surface area contributed by atoms with Crippen LogP contribution in [0.25, 0.3) is 10.2 Å². The van der Waals surface area contributed by atoms with E-state index in [9.17, 15) is 9.59 Å². The number of pyridine rings is 1. The van der Waals surface area contributed by atoms with Crippen LogP contribution in [0.15, 0.2) is 16.4 Å². The fraction of sp³-hybridized carbons (Fsp3) is 0.333. The molecule has 6 heteroatoms. The van der Waals surface area contributed by atoms with Crippen LogP contribution in [0.4, 0.5) is 0 Å². The highest BCUT2D eigenvalue weighted by molar-refractivity contribution is 9.08. The first-order valence-electron chi connectivity index (χ1n) is 5.43. The highest BCUT2D eigenvalue weighted by atomic mass is 79.9. The molecule has 0 bridgehead atoms. The number of thiophene rings is 1. The summed E-state index contributed by atoms with van der Waals surface area (Å²) in [6, 6.07) is 0. The van der Waals surface area contributed by atoms with Crippen LogP contribution in [0, 0.1) is 0 Å². The van der Waals surface area contributed by atoms with Crippen LogP contribution in [0.2, 0.25) is 0 Å². The second-order valence-electron chi connectivity index (χ2n) is 3.78. The molecule has 0 aliphatic carbocycles. The van der Waals surface area contributed by atoms with Gasteiger partial charge in [-0.3, -0.25) is 4.79 Å². The Bertz CT molecular complexity index is 659. The molecular weight excluding hydrogens is 318 g/mol. The van der Waals surface area contributed by atoms with Crippen LogP contribution >= 0.6 is 27.3 Å². The van der Waals surface area contributed by atoms with Gasteiger partial charge in [0.15, 0.2) is 0 Å². The third-order valence-electron chi connectivity index (χ3n) is 2.60. The average Bonchev–Trinajstić information content (AvgIpc) is 2.78. The van der Waals surface area contributed by atoms with E-state index in [0.29, 0.717) is 10.0 Å². The summed E-state index contributed by atoms with van der Waals surface area (Å²) in [6.07, 6.45) is 1.54. The normalized spacial score (nSPS) is 10.8. The second-order valence-corrected chi connectivity index (χ2v) is 5.22. The van der Waals surface area contributed by atoms with E-state index in [-0.39, 0.29) is 17.6 Å². The minimum absolute atomic E-state index is 0.0924. The molecule has 0 N–H and O–H groups in total. The number of halogens is 1. The van der Waals surface area contributed by atoms with Gasteiger partial charge in [-0.2, -0.15) is 0 Å². The van der Waals surface area contributed by atoms with Gasteiger partial charge in [0.25, 0.3) is 0 Å². The van der Waals surface area contributed by atoms with Gasteiger partial charge >= 0.3 is 5.97 Å². The quantitative estimate of drug-likeness (QED) is 0.642. The Morgan fingerprint density at radius 1 is 1.56 bits per heavy atom. The maximum absolute atomic E-state index is 12.2. The largest absolute Gasteiger partial charge is 0.462 e. The molecule has 96 valence electrons. The van der Waals surface area contributed by atoms with E-state index in [2.05, 4.69) is 15.9 Å². The Morgan fingerprint density at radius 2 is 2.28 bits per heavy atom. The van der Waals surface area contributed by atoms with Crippen molar-refractivity contribution >= 4 is 43.5 Å². The number of carbonyl (C=O) groups is 1. The van der Waals surface area contributed by atoms with Gasteiger partial charge in [0, 0.05) is 18.6 Å². The molecule has 0 radical (unpaired) electrons. The third-order valence-corrected chi connectivity index (χ3v) is 4.22. The number of aryl methyl sites for hydroxylation is 1. The predicted molar refractivity (Wildman–Crippen MR) is 75.7 cm³/mol. The van der Waals surface area contributed by atoms with Gasteiger partial charge in [0.05, 0.1) is 16.8 Å². The summed E-state index contributed by atoms with van der Waals surface area (Å²) in [5.74, 6) is -0.561. The standard InChI is InChI=1S/C12H12BrNO3S/c1-3-17-12(16)8-5-14(2)9-7(4-13)6-18-11(9)10(8)15/h5-6H,3-4H2,1-2H3. The van der Waals surface area contributed by atoms with Crippen molar-refractivity contribution in [3.05, 3.63) is 32.9 Å². The molecule has 0 unspecified atom stereocenters. The topological polar surface area (TPSA) is 48.3 Å². The summed E-state index contributed by atoms with van der Waals surface area (Å²) in [6.45, 7) is 1.98. The Morgan fingerprint density at radius 3 is 2.89 bits per heavy atom. The smallest absolute Gasteiger partial charge is 0.343 e. The summed E-state index contributed by atoms with van der Waals surface area (Å²) in [4.78, 5) is 23.9. The van der Waals surface area contributed by atoms with Crippen molar-refractivity contribution in [1.82, 2.24) is 4.57 Å². The number of nitrogens with zero attached hydrogens (tertiary/aromatic N) is 1. The minimum Gasteiger partial charge on any atom is -0.462 e. The summed E-state index contributed by atoms with van der Waals surface area (Å²) >= 11 is 4.75. The lowest BCUT2D eigenvalue weighted by Crippen LogP contribution is -2.19. The molecule has 0 fully saturated rings. The third kappa shape index (κ3) is 2.10. The molecule has 2 aromatic heterocycles. The molecule has 0 spiro atoms. The zero-order valence-corrected chi connectivity index (χ0v) is 12.4. The SMILES string of the molecule is CCOC(=O)c1cn(C)c2c(CBr)csc2c1=O. The summed E-state index contributed by atoms with van der Waals surface area (Å²) < 4.78 is 7.29. The van der Waals surface area contributed by atoms with Gasteiger partial charge in [0.1, 0.15) is 5.56 Å². The van der Waals surface area contributed by atoms with E-state index >= 15 is 0 Å². The number of alkyl halides is 1. The maximum atomic E-state index is 12.2. The van der Waals surface area contributed by atoms with Crippen molar-refractivity contribution in [1.29, 1.82) is 0 Å². The zero-order valence-electron chi connectivity index (χ0n) is 10.0. The van der Waals surface area contributed by atoms with Gasteiger partial charge < -0.3 is 9.30 Å². The van der Waals surface area contributed by atoms with Crippen molar-refractivity contribution in [2.24, 2.45) is 7.05 Å². The lowest BCUT2D eigenvalue weighted by atomic mass is 10.2. The van der Waals surface area contributed by atoms with E-state index in [1.165, 1.54) is 11.3 Å². The Balaban J connectivity index is 2.70. The minimum atomic E-state index is -0.561. The van der Waals surface area contributed by atoms with E-state index in [1.807, 2.05) is 12.4 Å². The number of aromatic nitrogens is 1. The van der Waals surface area contributed by atoms with Crippen molar-refractivity contribution in [3.8, 4) is 0 Å². The maximum Gasteiger partial charge on any atom is 0.343 e. The highest BCUT2D eigenvalue weighted by Gasteiger charge is 2.18. The van der Waals surface area contributed by atoms with Gasteiger partial charge in [-0.05, 0) is 17.9 Å². The number of rotatable bonds is 3. The van der Waals surface area contributed by atoms with Crippen LogP contribution in [0.3, 0.4) is 0 Å². The number of hydrogen-bond acceptors (Lipinski definition) is 4. The van der Waals surface area contributed by atoms with Crippen LogP contribution < -0.4 is 5.43 Å². The van der Waals surface area contributed by atoms with Crippen LogP contribution in [0.5, 0.6) is 0 Å². The molecular formula is C12H12BrNO3S. The molecule has 4 nitrogen and oxygen atoms in total. The second kappa shape index (κ2) is 5.24. The fourth-order valence-electron chi connectivity index (χ4n) is 1.82. The Labute approximate surface area is 116 Å². The summed E-state index contributed by atoms with van der Waals surface area (Å²) in [5.41, 5.74) is 1.76. The number of esters is 1. The first kappa shape index (κ1) is 13.3. The molecule has 2 aromatic rings. The van der Waals surface area contributed by atoms with Crippen molar-refractivity contribution < 1.29 is 9.53 Å². The molecule has 2 rings (SSSR count). The molecule has 0 saturated heterocycles. The lowest BCUT2D eigenvalue weighted by Gasteiger charge is -2.07. The van der Waals surface area contributed by atoms with E-state index < -0.39 is 5.97 Å². The van der Waals surface area contributed by atoms with Crippen LogP contribution in [-0.4, -0.2) is 17.1 Å². The van der Waals surface area contributed by atoms with Crippen molar-refractivity contribution in [3.63, 3.8) is 0 Å². The summed E-state index contributed by atoms with van der Waals surface area (Å²) in [5, 5.41) is 2.61. The first-order chi connectivity index (χ1) is 8.60. The van der Waals surface area contributed by atoms with Crippen LogP contribution in [0.1, 0.15) is 22.8 Å². The zero-order chi connectivity index (χ0) is 13.3. The Hall–Kier alpha value is -1.14. The molecule has 18 heavy (non-hydrogen) atoms. The molecule has 0 aromatic carbocycles. The number of carbonyl (C=O) groups excluding carboxylic acids is 1. The van der Waals surface area contributed by atoms with Crippen molar-refractivity contribution in [2.45, 2.75) is 12.3 Å². The fourth-order valence-corrected chi connectivity index (χ4v) is 3.52. The molecule has 0 aliphatic rings.